The summed E-state index contributed by atoms with van der Waals surface area (Å²) in [4.78, 5) is 12.7. The zero-order valence-electron chi connectivity index (χ0n) is 13.6. The second-order valence-electron chi connectivity index (χ2n) is 8.41. The van der Waals surface area contributed by atoms with Crippen molar-refractivity contribution in [1.82, 2.24) is 0 Å². The van der Waals surface area contributed by atoms with Gasteiger partial charge in [-0.15, -0.1) is 6.58 Å². The fraction of sp³-hybridized carbons (Fsp3) is 0.737. The molecule has 0 aliphatic heterocycles. The molecule has 2 heteroatoms. The molecule has 3 aliphatic rings. The molecule has 0 bridgehead atoms. The number of carbonyl (C=O) groups is 1. The molecule has 0 aromatic heterocycles. The molecule has 2 nitrogen and oxygen atoms in total. The van der Waals surface area contributed by atoms with Gasteiger partial charge in [-0.2, -0.15) is 0 Å². The third kappa shape index (κ3) is 2.32. The quantitative estimate of drug-likeness (QED) is 0.739. The Morgan fingerprint density at radius 3 is 2.71 bits per heavy atom. The van der Waals surface area contributed by atoms with E-state index >= 15 is 0 Å². The van der Waals surface area contributed by atoms with E-state index in [1.807, 2.05) is 6.08 Å². The van der Waals surface area contributed by atoms with Crippen molar-refractivity contribution in [2.24, 2.45) is 22.7 Å². The third-order valence-electron chi connectivity index (χ3n) is 6.41. The highest BCUT2D eigenvalue weighted by molar-refractivity contribution is 5.98. The SMILES string of the molecule is C=CC1(C)CC2=C(C(O)C1)C1CCCC(C)(C)C1CC2=O. The van der Waals surface area contributed by atoms with E-state index in [0.717, 1.165) is 24.0 Å². The zero-order valence-corrected chi connectivity index (χ0v) is 13.6. The van der Waals surface area contributed by atoms with Crippen LogP contribution >= 0.6 is 0 Å². The Balaban J connectivity index is 2.04. The molecule has 3 rings (SSSR count). The highest BCUT2D eigenvalue weighted by Crippen LogP contribution is 2.55. The number of aliphatic hydroxyl groups is 1. The van der Waals surface area contributed by atoms with Crippen LogP contribution in [-0.4, -0.2) is 17.0 Å². The van der Waals surface area contributed by atoms with Crippen molar-refractivity contribution in [3.63, 3.8) is 0 Å². The number of hydrogen-bond donors (Lipinski definition) is 1. The molecule has 0 aromatic carbocycles. The van der Waals surface area contributed by atoms with Gasteiger partial charge in [0.25, 0.3) is 0 Å². The molecule has 4 unspecified atom stereocenters. The van der Waals surface area contributed by atoms with Gasteiger partial charge < -0.3 is 5.11 Å². The molecule has 0 spiro atoms. The van der Waals surface area contributed by atoms with Crippen molar-refractivity contribution in [2.75, 3.05) is 0 Å². The summed E-state index contributed by atoms with van der Waals surface area (Å²) in [6.07, 6.45) is 7.18. The van der Waals surface area contributed by atoms with Crippen LogP contribution in [0.25, 0.3) is 0 Å². The molecule has 0 radical (unpaired) electrons. The van der Waals surface area contributed by atoms with Crippen LogP contribution in [0.2, 0.25) is 0 Å². The Morgan fingerprint density at radius 2 is 2.05 bits per heavy atom. The average molecular weight is 288 g/mol. The molecular weight excluding hydrogens is 260 g/mol. The van der Waals surface area contributed by atoms with Crippen LogP contribution in [0, 0.1) is 22.7 Å². The monoisotopic (exact) mass is 288 g/mol. The summed E-state index contributed by atoms with van der Waals surface area (Å²) in [7, 11) is 0. The van der Waals surface area contributed by atoms with Crippen molar-refractivity contribution in [2.45, 2.75) is 65.4 Å². The molecule has 4 atom stereocenters. The van der Waals surface area contributed by atoms with Crippen molar-refractivity contribution in [1.29, 1.82) is 0 Å². The Labute approximate surface area is 128 Å². The van der Waals surface area contributed by atoms with Crippen LogP contribution in [-0.2, 0) is 4.79 Å². The van der Waals surface area contributed by atoms with Crippen LogP contribution < -0.4 is 0 Å². The molecule has 1 N–H and O–H groups in total. The molecule has 0 amide bonds. The van der Waals surface area contributed by atoms with Gasteiger partial charge >= 0.3 is 0 Å². The minimum atomic E-state index is -0.456. The van der Waals surface area contributed by atoms with E-state index < -0.39 is 6.10 Å². The van der Waals surface area contributed by atoms with Crippen molar-refractivity contribution in [3.8, 4) is 0 Å². The number of Topliss-reactive ketones (excluding diaryl/α,β-unsaturated/α-hetero) is 1. The van der Waals surface area contributed by atoms with Crippen LogP contribution in [0.5, 0.6) is 0 Å². The number of fused-ring (bicyclic) bond motifs is 2. The summed E-state index contributed by atoms with van der Waals surface area (Å²) in [5.74, 6) is 1.12. The van der Waals surface area contributed by atoms with Crippen molar-refractivity contribution < 1.29 is 9.90 Å². The number of rotatable bonds is 1. The minimum absolute atomic E-state index is 0.134. The molecule has 0 heterocycles. The lowest BCUT2D eigenvalue weighted by molar-refractivity contribution is -0.121. The highest BCUT2D eigenvalue weighted by Gasteiger charge is 2.50. The Morgan fingerprint density at radius 1 is 1.33 bits per heavy atom. The molecule has 21 heavy (non-hydrogen) atoms. The summed E-state index contributed by atoms with van der Waals surface area (Å²) in [5.41, 5.74) is 2.12. The fourth-order valence-corrected chi connectivity index (χ4v) is 5.04. The topological polar surface area (TPSA) is 37.3 Å². The van der Waals surface area contributed by atoms with Gasteiger partial charge in [-0.1, -0.05) is 33.3 Å². The van der Waals surface area contributed by atoms with Crippen LogP contribution in [0.3, 0.4) is 0 Å². The number of allylic oxidation sites excluding steroid dienone is 2. The first-order valence-corrected chi connectivity index (χ1v) is 8.35. The maximum absolute atomic E-state index is 12.7. The van der Waals surface area contributed by atoms with Gasteiger partial charge in [0.05, 0.1) is 6.10 Å². The molecule has 0 aromatic rings. The lowest BCUT2D eigenvalue weighted by Gasteiger charge is -2.51. The van der Waals surface area contributed by atoms with Crippen LogP contribution in [0.4, 0.5) is 0 Å². The smallest absolute Gasteiger partial charge is 0.159 e. The second-order valence-corrected chi connectivity index (χ2v) is 8.41. The van der Waals surface area contributed by atoms with Gasteiger partial charge in [-0.3, -0.25) is 4.79 Å². The fourth-order valence-electron chi connectivity index (χ4n) is 5.04. The molecule has 3 aliphatic carbocycles. The van der Waals surface area contributed by atoms with Crippen LogP contribution in [0.1, 0.15) is 59.3 Å². The predicted octanol–water partition coefficient (Wildman–Crippen LogP) is 4.05. The number of ketones is 1. The first-order valence-electron chi connectivity index (χ1n) is 8.35. The summed E-state index contributed by atoms with van der Waals surface area (Å²) >= 11 is 0. The lowest BCUT2D eigenvalue weighted by atomic mass is 9.54. The normalized spacial score (nSPS) is 42.3. The van der Waals surface area contributed by atoms with Crippen molar-refractivity contribution >= 4 is 5.78 Å². The first kappa shape index (κ1) is 15.0. The summed E-state index contributed by atoms with van der Waals surface area (Å²) in [5, 5.41) is 10.7. The van der Waals surface area contributed by atoms with Gasteiger partial charge in [-0.25, -0.2) is 0 Å². The zero-order chi connectivity index (χ0) is 15.4. The lowest BCUT2D eigenvalue weighted by Crippen LogP contribution is -2.46. The Kier molecular flexibility index (Phi) is 3.44. The summed E-state index contributed by atoms with van der Waals surface area (Å²) < 4.78 is 0. The van der Waals surface area contributed by atoms with E-state index in [-0.39, 0.29) is 16.6 Å². The molecular formula is C19H28O2. The molecule has 0 saturated heterocycles. The predicted molar refractivity (Wildman–Crippen MR) is 84.8 cm³/mol. The highest BCUT2D eigenvalue weighted by atomic mass is 16.3. The number of aliphatic hydroxyl groups excluding tert-OH is 1. The molecule has 1 fully saturated rings. The van der Waals surface area contributed by atoms with Gasteiger partial charge in [-0.05, 0) is 59.5 Å². The molecule has 116 valence electrons. The van der Waals surface area contributed by atoms with E-state index in [0.29, 0.717) is 24.7 Å². The number of carbonyl (C=O) groups excluding carboxylic acids is 1. The summed E-state index contributed by atoms with van der Waals surface area (Å²) in [6, 6.07) is 0. The Bertz CT molecular complexity index is 514. The minimum Gasteiger partial charge on any atom is -0.389 e. The third-order valence-corrected chi connectivity index (χ3v) is 6.41. The summed E-state index contributed by atoms with van der Waals surface area (Å²) in [6.45, 7) is 10.6. The first-order chi connectivity index (χ1) is 9.77. The molecule has 1 saturated carbocycles. The largest absolute Gasteiger partial charge is 0.389 e. The van der Waals surface area contributed by atoms with Crippen LogP contribution in [0.15, 0.2) is 23.8 Å². The standard InChI is InChI=1S/C19H28O2/c1-5-19(4)10-13-15(20)9-14-12(17(13)16(21)11-19)7-6-8-18(14,2)3/h5,12,14,16,21H,1,6-11H2,2-4H3. The van der Waals surface area contributed by atoms with E-state index in [4.69, 9.17) is 0 Å². The van der Waals surface area contributed by atoms with Crippen molar-refractivity contribution in [3.05, 3.63) is 23.8 Å². The van der Waals surface area contributed by atoms with E-state index in [2.05, 4.69) is 27.4 Å². The maximum atomic E-state index is 12.7. The van der Waals surface area contributed by atoms with E-state index in [1.54, 1.807) is 0 Å². The van der Waals surface area contributed by atoms with Gasteiger partial charge in [0, 0.05) is 6.42 Å². The second kappa shape index (κ2) is 4.81. The van der Waals surface area contributed by atoms with Gasteiger partial charge in [0.15, 0.2) is 5.78 Å². The van der Waals surface area contributed by atoms with Gasteiger partial charge in [0.1, 0.15) is 0 Å². The Hall–Kier alpha value is -0.890. The van der Waals surface area contributed by atoms with E-state index in [9.17, 15) is 9.90 Å². The average Bonchev–Trinajstić information content (AvgIpc) is 2.40. The maximum Gasteiger partial charge on any atom is 0.159 e. The van der Waals surface area contributed by atoms with Gasteiger partial charge in [0.2, 0.25) is 0 Å². The number of hydrogen-bond acceptors (Lipinski definition) is 2. The van der Waals surface area contributed by atoms with E-state index in [1.165, 1.54) is 12.8 Å².